The van der Waals surface area contributed by atoms with Gasteiger partial charge in [0.2, 0.25) is 5.91 Å². The fourth-order valence-electron chi connectivity index (χ4n) is 1.99. The Morgan fingerprint density at radius 1 is 1.25 bits per heavy atom. The van der Waals surface area contributed by atoms with Crippen molar-refractivity contribution in [1.82, 2.24) is 10.3 Å². The molecule has 2 rings (SSSR count). The standard InChI is InChI=1S/C16H18N2O2/c1-12(14-7-4-5-11-17-14)18-16(20)10-9-13-6-2-3-8-15(13)19/h2-8,11-12,19H,9-10H2,1H3,(H,18,20). The van der Waals surface area contributed by atoms with Crippen molar-refractivity contribution in [2.24, 2.45) is 0 Å². The maximum absolute atomic E-state index is 11.9. The van der Waals surface area contributed by atoms with Crippen LogP contribution in [0.25, 0.3) is 0 Å². The third-order valence-electron chi connectivity index (χ3n) is 3.12. The van der Waals surface area contributed by atoms with Crippen LogP contribution in [0.4, 0.5) is 0 Å². The number of amides is 1. The molecule has 0 fully saturated rings. The molecule has 2 N–H and O–H groups in total. The SMILES string of the molecule is CC(NC(=O)CCc1ccccc1O)c1ccccn1. The molecule has 0 bridgehead atoms. The maximum Gasteiger partial charge on any atom is 0.220 e. The lowest BCUT2D eigenvalue weighted by Crippen LogP contribution is -2.27. The second-order valence-corrected chi connectivity index (χ2v) is 4.67. The van der Waals surface area contributed by atoms with Gasteiger partial charge in [0.05, 0.1) is 11.7 Å². The molecule has 0 spiro atoms. The van der Waals surface area contributed by atoms with Gasteiger partial charge in [-0.25, -0.2) is 0 Å². The number of aromatic nitrogens is 1. The molecule has 20 heavy (non-hydrogen) atoms. The number of carbonyl (C=O) groups excluding carboxylic acids is 1. The topological polar surface area (TPSA) is 62.2 Å². The number of nitrogens with one attached hydrogen (secondary N) is 1. The molecule has 1 atom stereocenters. The summed E-state index contributed by atoms with van der Waals surface area (Å²) in [6.45, 7) is 1.90. The summed E-state index contributed by atoms with van der Waals surface area (Å²) in [6, 6.07) is 12.6. The number of hydrogen-bond donors (Lipinski definition) is 2. The molecule has 0 saturated heterocycles. The second-order valence-electron chi connectivity index (χ2n) is 4.67. The molecule has 0 aliphatic rings. The molecule has 4 nitrogen and oxygen atoms in total. The Balaban J connectivity index is 1.86. The number of pyridine rings is 1. The van der Waals surface area contributed by atoms with E-state index in [0.29, 0.717) is 12.8 Å². The quantitative estimate of drug-likeness (QED) is 0.877. The second kappa shape index (κ2) is 6.70. The summed E-state index contributed by atoms with van der Waals surface area (Å²) in [5.74, 6) is 0.185. The van der Waals surface area contributed by atoms with Gasteiger partial charge < -0.3 is 10.4 Å². The van der Waals surface area contributed by atoms with Crippen molar-refractivity contribution in [3.8, 4) is 5.75 Å². The van der Waals surface area contributed by atoms with E-state index in [-0.39, 0.29) is 17.7 Å². The number of phenols is 1. The minimum atomic E-state index is -0.118. The summed E-state index contributed by atoms with van der Waals surface area (Å²) in [5.41, 5.74) is 1.62. The van der Waals surface area contributed by atoms with Crippen LogP contribution in [0.3, 0.4) is 0 Å². The number of aromatic hydroxyl groups is 1. The first-order valence-electron chi connectivity index (χ1n) is 6.64. The van der Waals surface area contributed by atoms with Gasteiger partial charge in [0, 0.05) is 12.6 Å². The van der Waals surface area contributed by atoms with Gasteiger partial charge in [-0.2, -0.15) is 0 Å². The number of aryl methyl sites for hydroxylation is 1. The Bertz CT molecular complexity index is 570. The van der Waals surface area contributed by atoms with Gasteiger partial charge in [0.1, 0.15) is 5.75 Å². The van der Waals surface area contributed by atoms with Crippen molar-refractivity contribution >= 4 is 5.91 Å². The largest absolute Gasteiger partial charge is 0.508 e. The predicted octanol–water partition coefficient (Wildman–Crippen LogP) is 2.60. The third kappa shape index (κ3) is 3.82. The normalized spacial score (nSPS) is 11.8. The van der Waals surface area contributed by atoms with Crippen LogP contribution in [-0.2, 0) is 11.2 Å². The van der Waals surface area contributed by atoms with E-state index in [9.17, 15) is 9.90 Å². The number of rotatable bonds is 5. The fourth-order valence-corrected chi connectivity index (χ4v) is 1.99. The first kappa shape index (κ1) is 14.1. The molecular formula is C16H18N2O2. The fraction of sp³-hybridized carbons (Fsp3) is 0.250. The van der Waals surface area contributed by atoms with Gasteiger partial charge in [-0.3, -0.25) is 9.78 Å². The first-order chi connectivity index (χ1) is 9.66. The molecule has 1 heterocycles. The molecular weight excluding hydrogens is 252 g/mol. The average Bonchev–Trinajstić information content (AvgIpc) is 2.47. The van der Waals surface area contributed by atoms with Crippen LogP contribution in [0.15, 0.2) is 48.7 Å². The van der Waals surface area contributed by atoms with Crippen LogP contribution in [0, 0.1) is 0 Å². The van der Waals surface area contributed by atoms with Crippen LogP contribution >= 0.6 is 0 Å². The summed E-state index contributed by atoms with van der Waals surface area (Å²) >= 11 is 0. The Labute approximate surface area is 118 Å². The molecule has 2 aromatic rings. The van der Waals surface area contributed by atoms with Gasteiger partial charge in [-0.1, -0.05) is 24.3 Å². The Hall–Kier alpha value is -2.36. The number of nitrogens with zero attached hydrogens (tertiary/aromatic N) is 1. The van der Waals surface area contributed by atoms with Crippen molar-refractivity contribution < 1.29 is 9.90 Å². The minimum Gasteiger partial charge on any atom is -0.508 e. The summed E-state index contributed by atoms with van der Waals surface area (Å²) in [4.78, 5) is 16.1. The van der Waals surface area contributed by atoms with E-state index in [0.717, 1.165) is 11.3 Å². The van der Waals surface area contributed by atoms with Gasteiger partial charge >= 0.3 is 0 Å². The summed E-state index contributed by atoms with van der Waals surface area (Å²) in [5, 5.41) is 12.5. The summed E-state index contributed by atoms with van der Waals surface area (Å²) < 4.78 is 0. The Kier molecular flexibility index (Phi) is 4.71. The monoisotopic (exact) mass is 270 g/mol. The lowest BCUT2D eigenvalue weighted by Gasteiger charge is -2.13. The zero-order valence-corrected chi connectivity index (χ0v) is 11.4. The Morgan fingerprint density at radius 2 is 2.00 bits per heavy atom. The highest BCUT2D eigenvalue weighted by Gasteiger charge is 2.11. The minimum absolute atomic E-state index is 0.0496. The van der Waals surface area contributed by atoms with E-state index in [1.54, 1.807) is 18.3 Å². The molecule has 0 saturated carbocycles. The molecule has 1 unspecified atom stereocenters. The molecule has 104 valence electrons. The van der Waals surface area contributed by atoms with Crippen molar-refractivity contribution in [2.45, 2.75) is 25.8 Å². The molecule has 0 aliphatic carbocycles. The summed E-state index contributed by atoms with van der Waals surface area (Å²) in [6.07, 6.45) is 2.57. The van der Waals surface area contributed by atoms with Gasteiger partial charge in [-0.15, -0.1) is 0 Å². The van der Waals surface area contributed by atoms with Gasteiger partial charge in [0.25, 0.3) is 0 Å². The van der Waals surface area contributed by atoms with Crippen molar-refractivity contribution in [2.75, 3.05) is 0 Å². The number of benzene rings is 1. The number of hydrogen-bond acceptors (Lipinski definition) is 3. The number of carbonyl (C=O) groups is 1. The molecule has 1 aromatic carbocycles. The van der Waals surface area contributed by atoms with Crippen LogP contribution in [-0.4, -0.2) is 16.0 Å². The lowest BCUT2D eigenvalue weighted by atomic mass is 10.1. The molecule has 1 amide bonds. The van der Waals surface area contributed by atoms with Crippen LogP contribution in [0.2, 0.25) is 0 Å². The van der Waals surface area contributed by atoms with Gasteiger partial charge in [-0.05, 0) is 37.1 Å². The van der Waals surface area contributed by atoms with E-state index < -0.39 is 0 Å². The first-order valence-corrected chi connectivity index (χ1v) is 6.64. The van der Waals surface area contributed by atoms with Crippen LogP contribution < -0.4 is 5.32 Å². The molecule has 1 aromatic heterocycles. The smallest absolute Gasteiger partial charge is 0.220 e. The van der Waals surface area contributed by atoms with E-state index in [1.807, 2.05) is 37.3 Å². The molecule has 0 aliphatic heterocycles. The lowest BCUT2D eigenvalue weighted by molar-refractivity contribution is -0.121. The maximum atomic E-state index is 11.9. The van der Waals surface area contributed by atoms with E-state index in [4.69, 9.17) is 0 Å². The zero-order valence-electron chi connectivity index (χ0n) is 11.4. The van der Waals surface area contributed by atoms with Crippen molar-refractivity contribution in [3.05, 3.63) is 59.9 Å². The van der Waals surface area contributed by atoms with E-state index in [1.165, 1.54) is 0 Å². The van der Waals surface area contributed by atoms with Crippen LogP contribution in [0.5, 0.6) is 5.75 Å². The third-order valence-corrected chi connectivity index (χ3v) is 3.12. The van der Waals surface area contributed by atoms with Crippen molar-refractivity contribution in [1.29, 1.82) is 0 Å². The molecule has 4 heteroatoms. The zero-order chi connectivity index (χ0) is 14.4. The highest BCUT2D eigenvalue weighted by Crippen LogP contribution is 2.17. The molecule has 0 radical (unpaired) electrons. The van der Waals surface area contributed by atoms with Crippen LogP contribution in [0.1, 0.15) is 30.6 Å². The van der Waals surface area contributed by atoms with Gasteiger partial charge in [0.15, 0.2) is 0 Å². The van der Waals surface area contributed by atoms with E-state index >= 15 is 0 Å². The van der Waals surface area contributed by atoms with Crippen molar-refractivity contribution in [3.63, 3.8) is 0 Å². The van der Waals surface area contributed by atoms with E-state index in [2.05, 4.69) is 10.3 Å². The highest BCUT2D eigenvalue weighted by molar-refractivity contribution is 5.76. The Morgan fingerprint density at radius 3 is 2.70 bits per heavy atom. The summed E-state index contributed by atoms with van der Waals surface area (Å²) in [7, 11) is 0. The highest BCUT2D eigenvalue weighted by atomic mass is 16.3. The number of para-hydroxylation sites is 1. The average molecular weight is 270 g/mol. The predicted molar refractivity (Wildman–Crippen MR) is 77.2 cm³/mol. The number of phenolic OH excluding ortho intramolecular Hbond substituents is 1.